The molecule has 1 saturated heterocycles. The molecule has 16 heavy (non-hydrogen) atoms. The number of carbonyl (C=O) groups excluding carboxylic acids is 1. The van der Waals surface area contributed by atoms with E-state index in [0.29, 0.717) is 6.04 Å². The average Bonchev–Trinajstić information content (AvgIpc) is 2.58. The number of carboxylic acid groups (broad SMARTS) is 1. The van der Waals surface area contributed by atoms with Crippen LogP contribution in [0.1, 0.15) is 39.5 Å². The number of likely N-dealkylation sites (tertiary alicyclic amines) is 1. The monoisotopic (exact) mass is 228 g/mol. The molecule has 1 rings (SSSR count). The second kappa shape index (κ2) is 5.72. The molecular formula is C11H20N2O3. The molecule has 92 valence electrons. The Hall–Kier alpha value is -1.26. The van der Waals surface area contributed by atoms with Gasteiger partial charge < -0.3 is 15.3 Å². The van der Waals surface area contributed by atoms with E-state index in [0.717, 1.165) is 19.3 Å². The molecule has 5 nitrogen and oxygen atoms in total. The number of nitrogens with zero attached hydrogens (tertiary/aromatic N) is 1. The first-order chi connectivity index (χ1) is 7.56. The number of carboxylic acids is 1. The van der Waals surface area contributed by atoms with Crippen molar-refractivity contribution in [2.75, 3.05) is 6.54 Å². The Morgan fingerprint density at radius 1 is 1.44 bits per heavy atom. The average molecular weight is 228 g/mol. The molecule has 0 saturated carbocycles. The third kappa shape index (κ3) is 3.12. The molecule has 1 fully saturated rings. The van der Waals surface area contributed by atoms with Crippen molar-refractivity contribution in [3.05, 3.63) is 0 Å². The first-order valence-electron chi connectivity index (χ1n) is 5.84. The highest BCUT2D eigenvalue weighted by Gasteiger charge is 2.32. The van der Waals surface area contributed by atoms with Crippen LogP contribution in [-0.2, 0) is 4.79 Å². The van der Waals surface area contributed by atoms with Crippen molar-refractivity contribution < 1.29 is 14.7 Å². The van der Waals surface area contributed by atoms with Crippen LogP contribution in [0.15, 0.2) is 0 Å². The number of amides is 2. The summed E-state index contributed by atoms with van der Waals surface area (Å²) in [6.45, 7) is 4.31. The number of urea groups is 1. The van der Waals surface area contributed by atoms with Crippen LogP contribution in [0.25, 0.3) is 0 Å². The van der Waals surface area contributed by atoms with Crippen LogP contribution in [0.2, 0.25) is 0 Å². The third-order valence-corrected chi connectivity index (χ3v) is 3.11. The fourth-order valence-electron chi connectivity index (χ4n) is 2.21. The zero-order chi connectivity index (χ0) is 12.1. The molecule has 0 radical (unpaired) electrons. The quantitative estimate of drug-likeness (QED) is 0.764. The maximum absolute atomic E-state index is 11.8. The number of nitrogens with one attached hydrogen (secondary N) is 1. The summed E-state index contributed by atoms with van der Waals surface area (Å²) in [7, 11) is 0. The Bertz CT molecular complexity index is 268. The molecule has 1 aliphatic heterocycles. The van der Waals surface area contributed by atoms with Crippen LogP contribution in [0.4, 0.5) is 4.79 Å². The van der Waals surface area contributed by atoms with Crippen LogP contribution in [0.3, 0.4) is 0 Å². The van der Waals surface area contributed by atoms with Crippen molar-refractivity contribution in [2.24, 2.45) is 0 Å². The summed E-state index contributed by atoms with van der Waals surface area (Å²) in [5.41, 5.74) is 0. The third-order valence-electron chi connectivity index (χ3n) is 3.11. The topological polar surface area (TPSA) is 69.6 Å². The number of rotatable bonds is 4. The van der Waals surface area contributed by atoms with Crippen LogP contribution < -0.4 is 5.32 Å². The predicted octanol–water partition coefficient (Wildman–Crippen LogP) is 1.43. The number of hydrogen-bond donors (Lipinski definition) is 2. The van der Waals surface area contributed by atoms with E-state index in [9.17, 15) is 9.59 Å². The molecule has 2 atom stereocenters. The zero-order valence-electron chi connectivity index (χ0n) is 9.90. The lowest BCUT2D eigenvalue weighted by atomic mass is 10.2. The molecule has 0 aromatic carbocycles. The van der Waals surface area contributed by atoms with Gasteiger partial charge in [-0.15, -0.1) is 0 Å². The summed E-state index contributed by atoms with van der Waals surface area (Å²) in [6, 6.07) is 0.438. The van der Waals surface area contributed by atoms with Crippen LogP contribution in [0.5, 0.6) is 0 Å². The highest BCUT2D eigenvalue weighted by molar-refractivity contribution is 5.76. The minimum atomic E-state index is -0.887. The van der Waals surface area contributed by atoms with Crippen LogP contribution in [-0.4, -0.2) is 40.6 Å². The molecule has 0 aromatic rings. The Morgan fingerprint density at radius 3 is 2.69 bits per heavy atom. The summed E-state index contributed by atoms with van der Waals surface area (Å²) < 4.78 is 0. The van der Waals surface area contributed by atoms with Gasteiger partial charge in [-0.1, -0.05) is 6.92 Å². The summed E-state index contributed by atoms with van der Waals surface area (Å²) in [5.74, 6) is -0.887. The molecule has 2 unspecified atom stereocenters. The number of aliphatic carboxylic acids is 1. The van der Waals surface area contributed by atoms with Crippen LogP contribution >= 0.6 is 0 Å². The summed E-state index contributed by atoms with van der Waals surface area (Å²) in [6.07, 6.45) is 3.01. The van der Waals surface area contributed by atoms with Gasteiger partial charge in [0.15, 0.2) is 0 Å². The Kier molecular flexibility index (Phi) is 4.58. The number of hydrogen-bond acceptors (Lipinski definition) is 2. The molecule has 2 N–H and O–H groups in total. The van der Waals surface area contributed by atoms with Gasteiger partial charge in [0, 0.05) is 18.6 Å². The van der Waals surface area contributed by atoms with Gasteiger partial charge in [-0.3, -0.25) is 4.79 Å². The minimum absolute atomic E-state index is 0.0231. The van der Waals surface area contributed by atoms with Crippen LogP contribution in [0, 0.1) is 0 Å². The predicted molar refractivity (Wildman–Crippen MR) is 60.3 cm³/mol. The van der Waals surface area contributed by atoms with Gasteiger partial charge in [0.2, 0.25) is 0 Å². The van der Waals surface area contributed by atoms with E-state index in [1.807, 2.05) is 11.8 Å². The van der Waals surface area contributed by atoms with Crippen molar-refractivity contribution in [2.45, 2.75) is 51.6 Å². The maximum atomic E-state index is 11.8. The van der Waals surface area contributed by atoms with Crippen molar-refractivity contribution >= 4 is 12.0 Å². The van der Waals surface area contributed by atoms with E-state index in [1.165, 1.54) is 0 Å². The lowest BCUT2D eigenvalue weighted by Gasteiger charge is -2.28. The Morgan fingerprint density at radius 2 is 2.12 bits per heavy atom. The SMILES string of the molecule is CCC1CCC(C)N1C(=O)NCCC(=O)O. The van der Waals surface area contributed by atoms with E-state index >= 15 is 0 Å². The molecule has 2 amide bonds. The van der Waals surface area contributed by atoms with Gasteiger partial charge in [-0.05, 0) is 26.2 Å². The normalized spacial score (nSPS) is 24.5. The van der Waals surface area contributed by atoms with Gasteiger partial charge in [0.05, 0.1) is 6.42 Å². The standard InChI is InChI=1S/C11H20N2O3/c1-3-9-5-4-8(2)13(9)11(16)12-7-6-10(14)15/h8-9H,3-7H2,1-2H3,(H,12,16)(H,14,15). The fraction of sp³-hybridized carbons (Fsp3) is 0.818. The Balaban J connectivity index is 2.42. The highest BCUT2D eigenvalue weighted by atomic mass is 16.4. The molecule has 0 bridgehead atoms. The van der Waals surface area contributed by atoms with E-state index in [4.69, 9.17) is 5.11 Å². The molecule has 5 heteroatoms. The smallest absolute Gasteiger partial charge is 0.317 e. The lowest BCUT2D eigenvalue weighted by Crippen LogP contribution is -2.46. The molecule has 1 heterocycles. The zero-order valence-corrected chi connectivity index (χ0v) is 9.90. The first kappa shape index (κ1) is 12.8. The summed E-state index contributed by atoms with van der Waals surface area (Å²) >= 11 is 0. The van der Waals surface area contributed by atoms with E-state index < -0.39 is 5.97 Å². The molecule has 0 aromatic heterocycles. The lowest BCUT2D eigenvalue weighted by molar-refractivity contribution is -0.136. The van der Waals surface area contributed by atoms with Crippen molar-refractivity contribution in [1.29, 1.82) is 0 Å². The number of carbonyl (C=O) groups is 2. The first-order valence-corrected chi connectivity index (χ1v) is 5.84. The van der Waals surface area contributed by atoms with E-state index in [1.54, 1.807) is 0 Å². The summed E-state index contributed by atoms with van der Waals surface area (Å²) in [4.78, 5) is 24.0. The molecular weight excluding hydrogens is 208 g/mol. The summed E-state index contributed by atoms with van der Waals surface area (Å²) in [5, 5.41) is 11.1. The van der Waals surface area contributed by atoms with Gasteiger partial charge in [-0.2, -0.15) is 0 Å². The van der Waals surface area contributed by atoms with Gasteiger partial charge in [0.25, 0.3) is 0 Å². The second-order valence-electron chi connectivity index (χ2n) is 4.27. The van der Waals surface area contributed by atoms with Crippen molar-refractivity contribution in [3.63, 3.8) is 0 Å². The van der Waals surface area contributed by atoms with Crippen molar-refractivity contribution in [3.8, 4) is 0 Å². The molecule has 0 spiro atoms. The highest BCUT2D eigenvalue weighted by Crippen LogP contribution is 2.25. The van der Waals surface area contributed by atoms with Gasteiger partial charge >= 0.3 is 12.0 Å². The molecule has 1 aliphatic rings. The fourth-order valence-corrected chi connectivity index (χ4v) is 2.21. The van der Waals surface area contributed by atoms with Gasteiger partial charge in [0.1, 0.15) is 0 Å². The van der Waals surface area contributed by atoms with Crippen molar-refractivity contribution in [1.82, 2.24) is 10.2 Å². The van der Waals surface area contributed by atoms with Gasteiger partial charge in [-0.25, -0.2) is 4.79 Å². The maximum Gasteiger partial charge on any atom is 0.317 e. The second-order valence-corrected chi connectivity index (χ2v) is 4.27. The van der Waals surface area contributed by atoms with E-state index in [-0.39, 0.29) is 25.0 Å². The van der Waals surface area contributed by atoms with E-state index in [2.05, 4.69) is 12.2 Å². The Labute approximate surface area is 95.8 Å². The molecule has 0 aliphatic carbocycles. The minimum Gasteiger partial charge on any atom is -0.481 e. The largest absolute Gasteiger partial charge is 0.481 e.